The van der Waals surface area contributed by atoms with E-state index in [9.17, 15) is 14.0 Å². The molecule has 174 valence electrons. The Morgan fingerprint density at radius 3 is 2.25 bits per heavy atom. The normalized spacial score (nSPS) is 13.6. The number of nitrogens with one attached hydrogen (secondary N) is 1. The van der Waals surface area contributed by atoms with Gasteiger partial charge < -0.3 is 10.2 Å². The van der Waals surface area contributed by atoms with Gasteiger partial charge in [-0.15, -0.1) is 0 Å². The summed E-state index contributed by atoms with van der Waals surface area (Å²) in [5, 5.41) is 3.08. The third-order valence-corrected chi connectivity index (χ3v) is 6.03. The molecule has 0 unspecified atom stereocenters. The van der Waals surface area contributed by atoms with Crippen LogP contribution in [0.2, 0.25) is 0 Å². The van der Waals surface area contributed by atoms with Crippen molar-refractivity contribution in [3.05, 3.63) is 71.0 Å². The first-order valence-corrected chi connectivity index (χ1v) is 11.3. The number of hydrogen-bond donors (Lipinski definition) is 1. The molecule has 4 nitrogen and oxygen atoms in total. The lowest BCUT2D eigenvalue weighted by Crippen LogP contribution is -2.42. The highest BCUT2D eigenvalue weighted by atomic mass is 19.1. The van der Waals surface area contributed by atoms with E-state index in [-0.39, 0.29) is 41.0 Å². The van der Waals surface area contributed by atoms with Crippen molar-refractivity contribution in [3.63, 3.8) is 0 Å². The van der Waals surface area contributed by atoms with Gasteiger partial charge in [0.25, 0.3) is 0 Å². The maximum atomic E-state index is 14.4. The molecule has 0 saturated heterocycles. The van der Waals surface area contributed by atoms with Crippen molar-refractivity contribution in [1.82, 2.24) is 10.2 Å². The van der Waals surface area contributed by atoms with Crippen LogP contribution >= 0.6 is 0 Å². The maximum Gasteiger partial charge on any atom is 0.220 e. The third-order valence-electron chi connectivity index (χ3n) is 6.03. The van der Waals surface area contributed by atoms with Crippen molar-refractivity contribution < 1.29 is 14.0 Å². The predicted molar refractivity (Wildman–Crippen MR) is 128 cm³/mol. The molecule has 0 aromatic heterocycles. The molecule has 2 aromatic carbocycles. The second-order valence-electron chi connectivity index (χ2n) is 9.75. The number of nitrogens with zero attached hydrogens (tertiary/aromatic N) is 1. The molecule has 2 atom stereocenters. The van der Waals surface area contributed by atoms with Gasteiger partial charge in [-0.3, -0.25) is 9.59 Å². The zero-order chi connectivity index (χ0) is 23.9. The maximum absolute atomic E-state index is 14.4. The van der Waals surface area contributed by atoms with Gasteiger partial charge in [-0.2, -0.15) is 0 Å². The lowest BCUT2D eigenvalue weighted by Gasteiger charge is -2.31. The average molecular weight is 441 g/mol. The topological polar surface area (TPSA) is 49.4 Å². The number of Topliss-reactive ketones (excluding diaryl/α,β-unsaturated/α-hetero) is 1. The van der Waals surface area contributed by atoms with Gasteiger partial charge in [-0.1, -0.05) is 64.1 Å². The average Bonchev–Trinajstić information content (AvgIpc) is 2.74. The van der Waals surface area contributed by atoms with E-state index in [2.05, 4.69) is 38.2 Å². The van der Waals surface area contributed by atoms with Crippen LogP contribution in [-0.4, -0.2) is 43.3 Å². The molecule has 0 fully saturated rings. The summed E-state index contributed by atoms with van der Waals surface area (Å²) in [6.45, 7) is 8.66. The van der Waals surface area contributed by atoms with Crippen LogP contribution in [0.4, 0.5) is 4.39 Å². The first kappa shape index (κ1) is 25.7. The van der Waals surface area contributed by atoms with Crippen molar-refractivity contribution in [2.24, 2.45) is 5.41 Å². The van der Waals surface area contributed by atoms with Crippen molar-refractivity contribution in [1.29, 1.82) is 0 Å². The van der Waals surface area contributed by atoms with E-state index in [0.29, 0.717) is 19.4 Å². The van der Waals surface area contributed by atoms with E-state index in [1.807, 2.05) is 37.2 Å². The van der Waals surface area contributed by atoms with Crippen LogP contribution in [0, 0.1) is 11.2 Å². The van der Waals surface area contributed by atoms with Gasteiger partial charge in [0.15, 0.2) is 5.78 Å². The van der Waals surface area contributed by atoms with Crippen LogP contribution in [0.5, 0.6) is 0 Å². The summed E-state index contributed by atoms with van der Waals surface area (Å²) >= 11 is 0. The zero-order valence-electron chi connectivity index (χ0n) is 20.2. The minimum absolute atomic E-state index is 0.00991. The minimum atomic E-state index is -0.480. The fraction of sp³-hybridized carbons (Fsp3) is 0.481. The number of likely N-dealkylation sites (N-methyl/N-ethyl adjacent to an activating group) is 1. The Balaban J connectivity index is 2.03. The van der Waals surface area contributed by atoms with E-state index in [1.165, 1.54) is 6.07 Å². The molecule has 0 aliphatic heterocycles. The standard InChI is InChI=1S/C27H37FN2O2/c1-7-25(31)22-14-13-19(16-24(22)28)15-21(30(5)6)18-29-26(32)17-23(27(2,3)4)20-11-9-8-10-12-20/h8-14,16,21,23H,7,15,17-18H2,1-6H3,(H,29,32)/t21-,23-/m0/s1. The summed E-state index contributed by atoms with van der Waals surface area (Å²) in [6.07, 6.45) is 1.27. The van der Waals surface area contributed by atoms with Crippen LogP contribution < -0.4 is 5.32 Å². The van der Waals surface area contributed by atoms with Gasteiger partial charge in [0.1, 0.15) is 5.82 Å². The molecule has 1 N–H and O–H groups in total. The van der Waals surface area contributed by atoms with Crippen LogP contribution in [0.3, 0.4) is 0 Å². The highest BCUT2D eigenvalue weighted by molar-refractivity contribution is 5.96. The van der Waals surface area contributed by atoms with Gasteiger partial charge in [0, 0.05) is 25.4 Å². The molecule has 0 saturated carbocycles. The lowest BCUT2D eigenvalue weighted by atomic mass is 9.74. The fourth-order valence-electron chi connectivity index (χ4n) is 3.91. The third kappa shape index (κ3) is 7.27. The summed E-state index contributed by atoms with van der Waals surface area (Å²) in [6, 6.07) is 15.0. The smallest absolute Gasteiger partial charge is 0.220 e. The molecule has 1 amide bonds. The SMILES string of the molecule is CCC(=O)c1ccc(C[C@@H](CNC(=O)C[C@@H](c2ccccc2)C(C)(C)C)N(C)C)cc1F. The minimum Gasteiger partial charge on any atom is -0.355 e. The van der Waals surface area contributed by atoms with Crippen LogP contribution in [0.25, 0.3) is 0 Å². The number of amides is 1. The van der Waals surface area contributed by atoms with Crippen LogP contribution in [-0.2, 0) is 11.2 Å². The largest absolute Gasteiger partial charge is 0.355 e. The van der Waals surface area contributed by atoms with E-state index in [0.717, 1.165) is 11.1 Å². The molecule has 5 heteroatoms. The number of halogens is 1. The molecule has 0 aliphatic carbocycles. The van der Waals surface area contributed by atoms with Crippen molar-refractivity contribution in [3.8, 4) is 0 Å². The van der Waals surface area contributed by atoms with E-state index in [4.69, 9.17) is 0 Å². The van der Waals surface area contributed by atoms with Gasteiger partial charge in [-0.25, -0.2) is 4.39 Å². The number of benzene rings is 2. The zero-order valence-corrected chi connectivity index (χ0v) is 20.2. The Labute approximate surface area is 192 Å². The fourth-order valence-corrected chi connectivity index (χ4v) is 3.91. The van der Waals surface area contributed by atoms with Gasteiger partial charge in [0.2, 0.25) is 5.91 Å². The first-order valence-electron chi connectivity index (χ1n) is 11.3. The monoisotopic (exact) mass is 440 g/mol. The summed E-state index contributed by atoms with van der Waals surface area (Å²) in [4.78, 5) is 26.7. The molecule has 2 rings (SSSR count). The summed E-state index contributed by atoms with van der Waals surface area (Å²) < 4.78 is 14.4. The number of carbonyl (C=O) groups excluding carboxylic acids is 2. The quantitative estimate of drug-likeness (QED) is 0.515. The van der Waals surface area contributed by atoms with Gasteiger partial charge in [0.05, 0.1) is 5.56 Å². The van der Waals surface area contributed by atoms with Crippen molar-refractivity contribution in [2.45, 2.75) is 58.9 Å². The number of ketones is 1. The van der Waals surface area contributed by atoms with Crippen molar-refractivity contribution >= 4 is 11.7 Å². The highest BCUT2D eigenvalue weighted by Gasteiger charge is 2.28. The molecule has 0 heterocycles. The van der Waals surface area contributed by atoms with E-state index in [1.54, 1.807) is 19.1 Å². The van der Waals surface area contributed by atoms with Crippen LogP contribution in [0.15, 0.2) is 48.5 Å². The van der Waals surface area contributed by atoms with E-state index >= 15 is 0 Å². The molecule has 32 heavy (non-hydrogen) atoms. The van der Waals surface area contributed by atoms with Crippen molar-refractivity contribution in [2.75, 3.05) is 20.6 Å². The van der Waals surface area contributed by atoms with Crippen LogP contribution in [0.1, 0.15) is 67.9 Å². The Morgan fingerprint density at radius 2 is 1.72 bits per heavy atom. The van der Waals surface area contributed by atoms with Gasteiger partial charge in [-0.05, 0) is 55.1 Å². The Bertz CT molecular complexity index is 904. The Kier molecular flexibility index (Phi) is 9.14. The second kappa shape index (κ2) is 11.4. The molecule has 0 radical (unpaired) electrons. The second-order valence-corrected chi connectivity index (χ2v) is 9.75. The van der Waals surface area contributed by atoms with E-state index < -0.39 is 5.82 Å². The summed E-state index contributed by atoms with van der Waals surface area (Å²) in [5.41, 5.74) is 2.06. The highest BCUT2D eigenvalue weighted by Crippen LogP contribution is 2.37. The molecule has 0 aliphatic rings. The molecular formula is C27H37FN2O2. The number of hydrogen-bond acceptors (Lipinski definition) is 3. The Hall–Kier alpha value is -2.53. The summed E-state index contributed by atoms with van der Waals surface area (Å²) in [7, 11) is 3.90. The summed E-state index contributed by atoms with van der Waals surface area (Å²) in [5.74, 6) is -0.556. The number of rotatable bonds is 10. The van der Waals surface area contributed by atoms with Gasteiger partial charge >= 0.3 is 0 Å². The lowest BCUT2D eigenvalue weighted by molar-refractivity contribution is -0.122. The number of carbonyl (C=O) groups is 2. The molecule has 0 bridgehead atoms. The molecule has 0 spiro atoms. The first-order chi connectivity index (χ1) is 15.0. The molecule has 2 aromatic rings. The molecular weight excluding hydrogens is 403 g/mol. The predicted octanol–water partition coefficient (Wildman–Crippen LogP) is 5.23. The Morgan fingerprint density at radius 1 is 1.06 bits per heavy atom.